The van der Waals surface area contributed by atoms with E-state index < -0.39 is 36.3 Å². The van der Waals surface area contributed by atoms with Crippen molar-refractivity contribution in [2.24, 2.45) is 0 Å². The molecule has 1 radical (unpaired) electrons. The van der Waals surface area contributed by atoms with Crippen LogP contribution < -0.4 is 0 Å². The summed E-state index contributed by atoms with van der Waals surface area (Å²) in [5.74, 6) is 0. The van der Waals surface area contributed by atoms with Crippen molar-refractivity contribution in [2.75, 3.05) is 6.61 Å². The van der Waals surface area contributed by atoms with E-state index >= 15 is 0 Å². The third-order valence-corrected chi connectivity index (χ3v) is 1.71. The topological polar surface area (TPSA) is 118 Å². The largest absolute Gasteiger partial charge is 0.394 e. The third-order valence-electron chi connectivity index (χ3n) is 1.49. The van der Waals surface area contributed by atoms with E-state index in [1.54, 1.807) is 0 Å². The molecule has 0 unspecified atom stereocenters. The van der Waals surface area contributed by atoms with Crippen LogP contribution in [0.15, 0.2) is 0 Å². The number of aliphatic hydroxyl groups excluding tert-OH is 5. The zero-order valence-electron chi connectivity index (χ0n) is 7.54. The average Bonchev–Trinajstić information content (AvgIpc) is 2.12. The van der Waals surface area contributed by atoms with E-state index in [0.717, 1.165) is 0 Å². The maximum Gasteiger partial charge on any atom is 0.253 e. The molecule has 4 atom stereocenters. The van der Waals surface area contributed by atoms with Crippen molar-refractivity contribution in [2.45, 2.75) is 24.4 Å². The average molecular weight is 238 g/mol. The summed E-state index contributed by atoms with van der Waals surface area (Å²) in [5.41, 5.74) is 0. The molecule has 0 aromatic rings. The van der Waals surface area contributed by atoms with Crippen LogP contribution in [-0.4, -0.2) is 91.4 Å². The van der Waals surface area contributed by atoms with E-state index in [1.165, 1.54) is 0 Å². The summed E-state index contributed by atoms with van der Waals surface area (Å²) in [5, 5.41) is 42.7. The molecule has 6 nitrogen and oxygen atoms in total. The van der Waals surface area contributed by atoms with Crippen LogP contribution >= 0.6 is 11.6 Å². The number of hydrogen-bond acceptors (Lipinski definition) is 6. The molecule has 0 rings (SSSR count). The number of hydrogen-bond donors (Lipinski definition) is 5. The molecule has 0 heterocycles. The van der Waals surface area contributed by atoms with Crippen LogP contribution in [0.25, 0.3) is 0 Å². The van der Waals surface area contributed by atoms with Crippen LogP contribution in [0.3, 0.4) is 0 Å². The van der Waals surface area contributed by atoms with Gasteiger partial charge in [-0.3, -0.25) is 4.79 Å². The number of aliphatic hydroxyl groups is 5. The minimum Gasteiger partial charge on any atom is -0.394 e. The van der Waals surface area contributed by atoms with Crippen molar-refractivity contribution in [3.63, 3.8) is 0 Å². The first kappa shape index (κ1) is 17.2. The van der Waals surface area contributed by atoms with Gasteiger partial charge in [0.2, 0.25) is 0 Å². The van der Waals surface area contributed by atoms with Crippen LogP contribution in [0.4, 0.5) is 0 Å². The van der Waals surface area contributed by atoms with Crippen LogP contribution in [0, 0.1) is 0 Å². The molecule has 0 aliphatic heterocycles. The van der Waals surface area contributed by atoms with Crippen molar-refractivity contribution in [1.29, 1.82) is 0 Å². The van der Waals surface area contributed by atoms with Crippen LogP contribution in [0.2, 0.25) is 0 Å². The number of halogens is 1. The Hall–Kier alpha value is 0.760. The minimum atomic E-state index is -1.99. The summed E-state index contributed by atoms with van der Waals surface area (Å²) >= 11 is 4.81. The predicted molar refractivity (Wildman–Crippen MR) is 47.7 cm³/mol. The quantitative estimate of drug-likeness (QED) is 0.254. The summed E-state index contributed by atoms with van der Waals surface area (Å²) < 4.78 is 0. The summed E-state index contributed by atoms with van der Waals surface area (Å²) in [6, 6.07) is 0. The van der Waals surface area contributed by atoms with Gasteiger partial charge in [-0.05, 0) is 11.6 Å². The second-order valence-corrected chi connectivity index (χ2v) is 2.85. The van der Waals surface area contributed by atoms with Gasteiger partial charge in [0, 0.05) is 29.6 Å². The SMILES string of the molecule is O=C(Cl)[C@H](O)[C@@H](O)[C@H](O)[C@H](O)CO.[Na]. The molecule has 0 aliphatic carbocycles. The maximum atomic E-state index is 10.3. The Labute approximate surface area is 107 Å². The Morgan fingerprint density at radius 2 is 1.57 bits per heavy atom. The fourth-order valence-electron chi connectivity index (χ4n) is 0.657. The van der Waals surface area contributed by atoms with Crippen molar-refractivity contribution >= 4 is 46.4 Å². The molecule has 0 aromatic carbocycles. The van der Waals surface area contributed by atoms with Crippen molar-refractivity contribution in [3.8, 4) is 0 Å². The van der Waals surface area contributed by atoms with Gasteiger partial charge in [0.05, 0.1) is 6.61 Å². The Morgan fingerprint density at radius 1 is 1.14 bits per heavy atom. The van der Waals surface area contributed by atoms with E-state index in [2.05, 4.69) is 0 Å². The van der Waals surface area contributed by atoms with Gasteiger partial charge in [-0.15, -0.1) is 0 Å². The van der Waals surface area contributed by atoms with Gasteiger partial charge in [-0.25, -0.2) is 0 Å². The smallest absolute Gasteiger partial charge is 0.253 e. The first-order valence-corrected chi connectivity index (χ1v) is 3.82. The number of carbonyl (C=O) groups excluding carboxylic acids is 1. The predicted octanol–water partition coefficient (Wildman–Crippen LogP) is -3.19. The monoisotopic (exact) mass is 237 g/mol. The normalized spacial score (nSPS) is 19.0. The first-order chi connectivity index (χ1) is 5.91. The zero-order chi connectivity index (χ0) is 10.6. The van der Waals surface area contributed by atoms with Gasteiger partial charge in [-0.1, -0.05) is 0 Å². The Kier molecular flexibility index (Phi) is 9.78. The van der Waals surface area contributed by atoms with Gasteiger partial charge in [-0.2, -0.15) is 0 Å². The van der Waals surface area contributed by atoms with Gasteiger partial charge < -0.3 is 25.5 Å². The summed E-state index contributed by atoms with van der Waals surface area (Å²) in [7, 11) is 0. The molecule has 0 saturated carbocycles. The molecule has 0 aromatic heterocycles. The van der Waals surface area contributed by atoms with Crippen molar-refractivity contribution in [1.82, 2.24) is 0 Å². The summed E-state index contributed by atoms with van der Waals surface area (Å²) in [4.78, 5) is 10.3. The van der Waals surface area contributed by atoms with E-state index in [9.17, 15) is 4.79 Å². The molecule has 8 heteroatoms. The molecule has 0 bridgehead atoms. The molecule has 14 heavy (non-hydrogen) atoms. The standard InChI is InChI=1S/C6H11ClO6.Na/c7-6(13)5(12)4(11)3(10)2(9)1-8;/h2-5,8-12H,1H2;/t2-,3-,4+,5-;/m1./s1. The van der Waals surface area contributed by atoms with Crippen LogP contribution in [0.1, 0.15) is 0 Å². The van der Waals surface area contributed by atoms with Gasteiger partial charge in [0.25, 0.3) is 5.24 Å². The molecule has 0 fully saturated rings. The molecule has 79 valence electrons. The van der Waals surface area contributed by atoms with Crippen LogP contribution in [-0.2, 0) is 4.79 Å². The fraction of sp³-hybridized carbons (Fsp3) is 0.833. The van der Waals surface area contributed by atoms with Gasteiger partial charge >= 0.3 is 0 Å². The van der Waals surface area contributed by atoms with Crippen molar-refractivity contribution in [3.05, 3.63) is 0 Å². The van der Waals surface area contributed by atoms with Gasteiger partial charge in [0.15, 0.2) is 6.10 Å². The summed E-state index contributed by atoms with van der Waals surface area (Å²) in [6.07, 6.45) is -7.38. The Balaban J connectivity index is 0. The molecule has 0 amide bonds. The van der Waals surface area contributed by atoms with Crippen LogP contribution in [0.5, 0.6) is 0 Å². The fourth-order valence-corrected chi connectivity index (χ4v) is 0.786. The Morgan fingerprint density at radius 3 is 1.86 bits per heavy atom. The second-order valence-electron chi connectivity index (χ2n) is 2.48. The molecular formula is C6H11ClNaO6. The van der Waals surface area contributed by atoms with E-state index in [4.69, 9.17) is 37.1 Å². The number of rotatable bonds is 5. The molecule has 0 spiro atoms. The molecule has 0 saturated heterocycles. The molecular weight excluding hydrogens is 227 g/mol. The van der Waals surface area contributed by atoms with E-state index in [1.807, 2.05) is 0 Å². The second kappa shape index (κ2) is 7.98. The summed E-state index contributed by atoms with van der Waals surface area (Å²) in [6.45, 7) is -0.804. The third kappa shape index (κ3) is 5.01. The Bertz CT molecular complexity index is 180. The minimum absolute atomic E-state index is 0. The number of carbonyl (C=O) groups is 1. The van der Waals surface area contributed by atoms with E-state index in [-0.39, 0.29) is 29.6 Å². The zero-order valence-corrected chi connectivity index (χ0v) is 10.3. The maximum absolute atomic E-state index is 10.3. The van der Waals surface area contributed by atoms with Crippen molar-refractivity contribution < 1.29 is 30.3 Å². The van der Waals surface area contributed by atoms with Gasteiger partial charge in [0.1, 0.15) is 18.3 Å². The molecule has 5 N–H and O–H groups in total. The first-order valence-electron chi connectivity index (χ1n) is 3.44. The molecule has 0 aliphatic rings. The van der Waals surface area contributed by atoms with E-state index in [0.29, 0.717) is 0 Å².